The van der Waals surface area contributed by atoms with Crippen molar-refractivity contribution in [2.75, 3.05) is 37.7 Å². The summed E-state index contributed by atoms with van der Waals surface area (Å²) >= 11 is 0. The highest BCUT2D eigenvalue weighted by molar-refractivity contribution is 5.49. The van der Waals surface area contributed by atoms with Gasteiger partial charge in [0.15, 0.2) is 0 Å². The number of nitrogens with zero attached hydrogens (tertiary/aromatic N) is 4. The highest BCUT2D eigenvalue weighted by atomic mass is 16.5. The Bertz CT molecular complexity index is 417. The first-order valence-electron chi connectivity index (χ1n) is 6.58. The van der Waals surface area contributed by atoms with E-state index in [1.807, 2.05) is 6.07 Å². The van der Waals surface area contributed by atoms with Crippen LogP contribution in [0.15, 0.2) is 12.4 Å². The number of hydrogen-bond acceptors (Lipinski definition) is 5. The fourth-order valence-electron chi connectivity index (χ4n) is 1.89. The molecule has 19 heavy (non-hydrogen) atoms. The van der Waals surface area contributed by atoms with Gasteiger partial charge in [0.1, 0.15) is 12.1 Å². The van der Waals surface area contributed by atoms with Gasteiger partial charge in [-0.15, -0.1) is 0 Å². The minimum absolute atomic E-state index is 0.467. The van der Waals surface area contributed by atoms with Crippen molar-refractivity contribution in [2.24, 2.45) is 5.92 Å². The van der Waals surface area contributed by atoms with Crippen molar-refractivity contribution in [3.63, 3.8) is 0 Å². The summed E-state index contributed by atoms with van der Waals surface area (Å²) in [6, 6.07) is 1.86. The molecule has 104 valence electrons. The van der Waals surface area contributed by atoms with E-state index >= 15 is 0 Å². The van der Waals surface area contributed by atoms with E-state index in [0.29, 0.717) is 18.4 Å². The van der Waals surface area contributed by atoms with Crippen LogP contribution in [-0.4, -0.2) is 54.1 Å². The Kier molecular flexibility index (Phi) is 4.54. The van der Waals surface area contributed by atoms with Gasteiger partial charge in [0, 0.05) is 32.2 Å². The van der Waals surface area contributed by atoms with E-state index in [0.717, 1.165) is 38.4 Å². The molecule has 1 fully saturated rings. The van der Waals surface area contributed by atoms with Crippen molar-refractivity contribution < 1.29 is 9.53 Å². The van der Waals surface area contributed by atoms with Gasteiger partial charge in [-0.25, -0.2) is 9.97 Å². The van der Waals surface area contributed by atoms with Crippen LogP contribution in [0.1, 0.15) is 13.8 Å². The standard InChI is InChI=1S/C13H20N4O2/c1-11(2)8-19-13-7-12(14-9-15-13)17-5-3-16(10-18)4-6-17/h7,9-11H,3-6,8H2,1-2H3. The third kappa shape index (κ3) is 3.81. The molecule has 1 aromatic heterocycles. The molecule has 0 aromatic carbocycles. The first kappa shape index (κ1) is 13.6. The van der Waals surface area contributed by atoms with E-state index < -0.39 is 0 Å². The zero-order valence-corrected chi connectivity index (χ0v) is 11.5. The quantitative estimate of drug-likeness (QED) is 0.736. The molecular weight excluding hydrogens is 244 g/mol. The average molecular weight is 264 g/mol. The number of carbonyl (C=O) groups is 1. The molecule has 2 rings (SSSR count). The number of hydrogen-bond donors (Lipinski definition) is 0. The van der Waals surface area contributed by atoms with Gasteiger partial charge in [-0.2, -0.15) is 0 Å². The number of piperazine rings is 1. The van der Waals surface area contributed by atoms with Crippen LogP contribution in [0.25, 0.3) is 0 Å². The number of ether oxygens (including phenoxy) is 1. The number of anilines is 1. The topological polar surface area (TPSA) is 58.6 Å². The Morgan fingerprint density at radius 3 is 2.68 bits per heavy atom. The molecule has 0 aliphatic carbocycles. The average Bonchev–Trinajstić information content (AvgIpc) is 2.45. The summed E-state index contributed by atoms with van der Waals surface area (Å²) in [5, 5.41) is 0. The second kappa shape index (κ2) is 6.36. The molecule has 0 atom stereocenters. The van der Waals surface area contributed by atoms with Crippen molar-refractivity contribution in [1.82, 2.24) is 14.9 Å². The summed E-state index contributed by atoms with van der Waals surface area (Å²) in [5.74, 6) is 1.94. The maximum atomic E-state index is 10.7. The molecule has 6 nitrogen and oxygen atoms in total. The van der Waals surface area contributed by atoms with E-state index in [1.165, 1.54) is 6.33 Å². The lowest BCUT2D eigenvalue weighted by molar-refractivity contribution is -0.118. The molecule has 0 N–H and O–H groups in total. The largest absolute Gasteiger partial charge is 0.477 e. The van der Waals surface area contributed by atoms with Crippen molar-refractivity contribution in [3.05, 3.63) is 12.4 Å². The van der Waals surface area contributed by atoms with E-state index in [1.54, 1.807) is 4.90 Å². The van der Waals surface area contributed by atoms with Crippen LogP contribution in [0.2, 0.25) is 0 Å². The fourth-order valence-corrected chi connectivity index (χ4v) is 1.89. The van der Waals surface area contributed by atoms with E-state index in [-0.39, 0.29) is 0 Å². The molecule has 1 aliphatic rings. The lowest BCUT2D eigenvalue weighted by atomic mass is 10.2. The van der Waals surface area contributed by atoms with Crippen LogP contribution in [-0.2, 0) is 4.79 Å². The normalized spacial score (nSPS) is 15.7. The number of carbonyl (C=O) groups excluding carboxylic acids is 1. The molecule has 0 radical (unpaired) electrons. The monoisotopic (exact) mass is 264 g/mol. The maximum Gasteiger partial charge on any atom is 0.218 e. The molecule has 0 bridgehead atoms. The van der Waals surface area contributed by atoms with Gasteiger partial charge in [0.25, 0.3) is 0 Å². The first-order chi connectivity index (χ1) is 9.19. The van der Waals surface area contributed by atoms with Gasteiger partial charge in [-0.1, -0.05) is 13.8 Å². The van der Waals surface area contributed by atoms with Crippen LogP contribution in [0.5, 0.6) is 5.88 Å². The molecule has 1 aliphatic heterocycles. The fraction of sp³-hybridized carbons (Fsp3) is 0.615. The van der Waals surface area contributed by atoms with Gasteiger partial charge in [0.05, 0.1) is 6.61 Å². The predicted octanol–water partition coefficient (Wildman–Crippen LogP) is 0.790. The van der Waals surface area contributed by atoms with Crippen molar-refractivity contribution in [2.45, 2.75) is 13.8 Å². The molecule has 1 saturated heterocycles. The molecule has 0 saturated carbocycles. The molecule has 6 heteroatoms. The Labute approximate surface area is 113 Å². The number of aromatic nitrogens is 2. The minimum Gasteiger partial charge on any atom is -0.477 e. The van der Waals surface area contributed by atoms with Crippen molar-refractivity contribution in [1.29, 1.82) is 0 Å². The molecule has 0 spiro atoms. The van der Waals surface area contributed by atoms with E-state index in [4.69, 9.17) is 4.74 Å². The highest BCUT2D eigenvalue weighted by Gasteiger charge is 2.17. The second-order valence-corrected chi connectivity index (χ2v) is 5.05. The second-order valence-electron chi connectivity index (χ2n) is 5.05. The maximum absolute atomic E-state index is 10.7. The Morgan fingerprint density at radius 2 is 2.05 bits per heavy atom. The van der Waals surface area contributed by atoms with Gasteiger partial charge in [-0.05, 0) is 5.92 Å². The lowest BCUT2D eigenvalue weighted by Crippen LogP contribution is -2.46. The summed E-state index contributed by atoms with van der Waals surface area (Å²) in [4.78, 5) is 23.0. The molecule has 1 amide bonds. The van der Waals surface area contributed by atoms with Gasteiger partial charge in [0.2, 0.25) is 12.3 Å². The van der Waals surface area contributed by atoms with Gasteiger partial charge in [-0.3, -0.25) is 4.79 Å². The lowest BCUT2D eigenvalue weighted by Gasteiger charge is -2.33. The Hall–Kier alpha value is -1.85. The van der Waals surface area contributed by atoms with Crippen LogP contribution in [0, 0.1) is 5.92 Å². The predicted molar refractivity (Wildman–Crippen MR) is 72.2 cm³/mol. The Balaban J connectivity index is 1.97. The summed E-state index contributed by atoms with van der Waals surface area (Å²) in [6.07, 6.45) is 2.42. The molecule has 0 unspecified atom stereocenters. The number of rotatable bonds is 5. The van der Waals surface area contributed by atoms with Crippen LogP contribution in [0.4, 0.5) is 5.82 Å². The van der Waals surface area contributed by atoms with Gasteiger partial charge >= 0.3 is 0 Å². The summed E-state index contributed by atoms with van der Waals surface area (Å²) < 4.78 is 5.60. The minimum atomic E-state index is 0.467. The van der Waals surface area contributed by atoms with Crippen LogP contribution in [0.3, 0.4) is 0 Å². The molecule has 2 heterocycles. The highest BCUT2D eigenvalue weighted by Crippen LogP contribution is 2.17. The van der Waals surface area contributed by atoms with Crippen molar-refractivity contribution in [3.8, 4) is 5.88 Å². The SMILES string of the molecule is CC(C)COc1cc(N2CCN(C=O)CC2)ncn1. The molecular formula is C13H20N4O2. The van der Waals surface area contributed by atoms with Crippen LogP contribution < -0.4 is 9.64 Å². The van der Waals surface area contributed by atoms with E-state index in [9.17, 15) is 4.79 Å². The third-order valence-electron chi connectivity index (χ3n) is 2.98. The van der Waals surface area contributed by atoms with Crippen molar-refractivity contribution >= 4 is 12.2 Å². The zero-order valence-electron chi connectivity index (χ0n) is 11.5. The Morgan fingerprint density at radius 1 is 1.32 bits per heavy atom. The van der Waals surface area contributed by atoms with E-state index in [2.05, 4.69) is 28.7 Å². The first-order valence-corrected chi connectivity index (χ1v) is 6.58. The summed E-state index contributed by atoms with van der Waals surface area (Å²) in [7, 11) is 0. The van der Waals surface area contributed by atoms with Gasteiger partial charge < -0.3 is 14.5 Å². The number of amides is 1. The zero-order chi connectivity index (χ0) is 13.7. The summed E-state index contributed by atoms with van der Waals surface area (Å²) in [6.45, 7) is 7.89. The molecule has 1 aromatic rings. The van der Waals surface area contributed by atoms with Crippen LogP contribution >= 0.6 is 0 Å². The smallest absolute Gasteiger partial charge is 0.218 e. The summed E-state index contributed by atoms with van der Waals surface area (Å²) in [5.41, 5.74) is 0. The third-order valence-corrected chi connectivity index (χ3v) is 2.98.